The monoisotopic (exact) mass is 198 g/mol. The molecule has 2 N–H and O–H groups in total. The molecule has 0 bridgehead atoms. The Morgan fingerprint density at radius 1 is 1.64 bits per heavy atom. The van der Waals surface area contributed by atoms with E-state index in [2.05, 4.69) is 10.3 Å². The van der Waals surface area contributed by atoms with Crippen LogP contribution in [0, 0.1) is 0 Å². The predicted molar refractivity (Wildman–Crippen MR) is 48.5 cm³/mol. The van der Waals surface area contributed by atoms with Crippen LogP contribution in [0.1, 0.15) is 11.7 Å². The van der Waals surface area contributed by atoms with Gasteiger partial charge in [-0.25, -0.2) is 0 Å². The summed E-state index contributed by atoms with van der Waals surface area (Å²) in [6.45, 7) is 1.78. The molecule has 1 aliphatic heterocycles. The smallest absolute Gasteiger partial charge is 0.102 e. The molecule has 2 rings (SSSR count). The molecule has 2 unspecified atom stereocenters. The van der Waals surface area contributed by atoms with E-state index in [1.165, 1.54) is 0 Å². The van der Waals surface area contributed by atoms with Crippen LogP contribution < -0.4 is 5.73 Å². The Morgan fingerprint density at radius 2 is 2.50 bits per heavy atom. The van der Waals surface area contributed by atoms with Gasteiger partial charge in [-0.3, -0.25) is 4.68 Å². The standard InChI is InChI=1S/C8H14N4O2/c1-12-6(4-10-11-12)8(9)7-5-13-2-3-14-7/h4,7-8H,2-3,5,9H2,1H3. The molecule has 2 heterocycles. The van der Waals surface area contributed by atoms with Gasteiger partial charge in [0.2, 0.25) is 0 Å². The average molecular weight is 198 g/mol. The van der Waals surface area contributed by atoms with Gasteiger partial charge in [-0.15, -0.1) is 5.10 Å². The molecular weight excluding hydrogens is 184 g/mol. The summed E-state index contributed by atoms with van der Waals surface area (Å²) in [5, 5.41) is 7.60. The average Bonchev–Trinajstić information content (AvgIpc) is 2.65. The van der Waals surface area contributed by atoms with Crippen LogP contribution in [0.4, 0.5) is 0 Å². The van der Waals surface area contributed by atoms with Crippen LogP contribution in [-0.4, -0.2) is 40.9 Å². The molecule has 6 heteroatoms. The van der Waals surface area contributed by atoms with Crippen LogP contribution in [0.5, 0.6) is 0 Å². The minimum atomic E-state index is -0.227. The molecule has 1 aromatic rings. The van der Waals surface area contributed by atoms with Crippen molar-refractivity contribution in [1.29, 1.82) is 0 Å². The van der Waals surface area contributed by atoms with E-state index >= 15 is 0 Å². The highest BCUT2D eigenvalue weighted by Crippen LogP contribution is 2.17. The van der Waals surface area contributed by atoms with Gasteiger partial charge in [-0.1, -0.05) is 5.21 Å². The maximum atomic E-state index is 6.01. The maximum absolute atomic E-state index is 6.01. The molecule has 0 radical (unpaired) electrons. The molecule has 0 saturated carbocycles. The van der Waals surface area contributed by atoms with Crippen molar-refractivity contribution in [2.45, 2.75) is 12.1 Å². The largest absolute Gasteiger partial charge is 0.376 e. The lowest BCUT2D eigenvalue weighted by Gasteiger charge is -2.27. The van der Waals surface area contributed by atoms with Crippen LogP contribution in [0.25, 0.3) is 0 Å². The number of nitrogens with two attached hydrogens (primary N) is 1. The first-order valence-corrected chi connectivity index (χ1v) is 4.58. The van der Waals surface area contributed by atoms with Crippen molar-refractivity contribution in [2.24, 2.45) is 12.8 Å². The summed E-state index contributed by atoms with van der Waals surface area (Å²) >= 11 is 0. The number of rotatable bonds is 2. The summed E-state index contributed by atoms with van der Waals surface area (Å²) in [5.74, 6) is 0. The molecule has 0 aromatic carbocycles. The normalized spacial score (nSPS) is 24.9. The number of hydrogen-bond acceptors (Lipinski definition) is 5. The SMILES string of the molecule is Cn1nncc1C(N)C1COCCO1. The van der Waals surface area contributed by atoms with Gasteiger partial charge in [0.15, 0.2) is 0 Å². The van der Waals surface area contributed by atoms with Crippen LogP contribution >= 0.6 is 0 Å². The highest BCUT2D eigenvalue weighted by Gasteiger charge is 2.25. The summed E-state index contributed by atoms with van der Waals surface area (Å²) in [4.78, 5) is 0. The Hall–Kier alpha value is -0.980. The molecule has 1 aromatic heterocycles. The van der Waals surface area contributed by atoms with Crippen LogP contribution in [0.2, 0.25) is 0 Å². The van der Waals surface area contributed by atoms with Gasteiger partial charge in [0.1, 0.15) is 6.10 Å². The zero-order chi connectivity index (χ0) is 9.97. The predicted octanol–water partition coefficient (Wildman–Crippen LogP) is -0.770. The van der Waals surface area contributed by atoms with Gasteiger partial charge in [0.05, 0.1) is 37.8 Å². The molecule has 0 spiro atoms. The molecular formula is C8H14N4O2. The highest BCUT2D eigenvalue weighted by atomic mass is 16.6. The molecule has 0 aliphatic carbocycles. The van der Waals surface area contributed by atoms with Crippen molar-refractivity contribution in [1.82, 2.24) is 15.0 Å². The van der Waals surface area contributed by atoms with Gasteiger partial charge in [-0.05, 0) is 0 Å². The number of ether oxygens (including phenoxy) is 2. The second-order valence-electron chi connectivity index (χ2n) is 3.29. The summed E-state index contributed by atoms with van der Waals surface area (Å²) in [5.41, 5.74) is 6.87. The van der Waals surface area contributed by atoms with E-state index in [1.807, 2.05) is 7.05 Å². The molecule has 6 nitrogen and oxygen atoms in total. The topological polar surface area (TPSA) is 75.2 Å². The zero-order valence-corrected chi connectivity index (χ0v) is 8.09. The minimum absolute atomic E-state index is 0.0963. The van der Waals surface area contributed by atoms with E-state index in [0.29, 0.717) is 19.8 Å². The quantitative estimate of drug-likeness (QED) is 0.675. The third-order valence-corrected chi connectivity index (χ3v) is 2.33. The summed E-state index contributed by atoms with van der Waals surface area (Å²) < 4.78 is 12.4. The fraction of sp³-hybridized carbons (Fsp3) is 0.750. The number of hydrogen-bond donors (Lipinski definition) is 1. The Bertz CT molecular complexity index is 295. The lowest BCUT2D eigenvalue weighted by Crippen LogP contribution is -2.38. The third-order valence-electron chi connectivity index (χ3n) is 2.33. The highest BCUT2D eigenvalue weighted by molar-refractivity contribution is 5.03. The van der Waals surface area contributed by atoms with Gasteiger partial charge in [0, 0.05) is 7.05 Å². The zero-order valence-electron chi connectivity index (χ0n) is 8.09. The van der Waals surface area contributed by atoms with Crippen LogP contribution in [0.15, 0.2) is 6.20 Å². The van der Waals surface area contributed by atoms with Gasteiger partial charge in [-0.2, -0.15) is 0 Å². The molecule has 78 valence electrons. The van der Waals surface area contributed by atoms with E-state index in [1.54, 1.807) is 10.9 Å². The third kappa shape index (κ3) is 1.77. The number of nitrogens with zero attached hydrogens (tertiary/aromatic N) is 3. The van der Waals surface area contributed by atoms with Crippen LogP contribution in [-0.2, 0) is 16.5 Å². The summed E-state index contributed by atoms with van der Waals surface area (Å²) in [6.07, 6.45) is 1.56. The molecule has 1 aliphatic rings. The van der Waals surface area contributed by atoms with E-state index in [-0.39, 0.29) is 12.1 Å². The lowest BCUT2D eigenvalue weighted by atomic mass is 10.1. The first-order chi connectivity index (χ1) is 6.79. The van der Waals surface area contributed by atoms with Crippen molar-refractivity contribution in [3.63, 3.8) is 0 Å². The Morgan fingerprint density at radius 3 is 3.07 bits per heavy atom. The van der Waals surface area contributed by atoms with Crippen molar-refractivity contribution < 1.29 is 9.47 Å². The Labute approximate surface area is 82.0 Å². The molecule has 2 atom stereocenters. The van der Waals surface area contributed by atoms with E-state index in [4.69, 9.17) is 15.2 Å². The first kappa shape index (κ1) is 9.57. The molecule has 1 fully saturated rings. The molecule has 1 saturated heterocycles. The van der Waals surface area contributed by atoms with Crippen molar-refractivity contribution in [3.8, 4) is 0 Å². The Kier molecular flexibility index (Phi) is 2.76. The Balaban J connectivity index is 2.07. The minimum Gasteiger partial charge on any atom is -0.376 e. The summed E-state index contributed by atoms with van der Waals surface area (Å²) in [6, 6.07) is -0.227. The van der Waals surface area contributed by atoms with Crippen molar-refractivity contribution in [3.05, 3.63) is 11.9 Å². The van der Waals surface area contributed by atoms with Crippen molar-refractivity contribution >= 4 is 0 Å². The first-order valence-electron chi connectivity index (χ1n) is 4.58. The maximum Gasteiger partial charge on any atom is 0.102 e. The second kappa shape index (κ2) is 4.04. The van der Waals surface area contributed by atoms with Crippen molar-refractivity contribution in [2.75, 3.05) is 19.8 Å². The van der Waals surface area contributed by atoms with E-state index in [0.717, 1.165) is 5.69 Å². The second-order valence-corrected chi connectivity index (χ2v) is 3.29. The number of aryl methyl sites for hydroxylation is 1. The lowest BCUT2D eigenvalue weighted by molar-refractivity contribution is -0.0983. The van der Waals surface area contributed by atoms with Gasteiger partial charge in [0.25, 0.3) is 0 Å². The van der Waals surface area contributed by atoms with Crippen LogP contribution in [0.3, 0.4) is 0 Å². The van der Waals surface area contributed by atoms with E-state index < -0.39 is 0 Å². The number of aromatic nitrogens is 3. The van der Waals surface area contributed by atoms with Gasteiger partial charge < -0.3 is 15.2 Å². The molecule has 14 heavy (non-hydrogen) atoms. The van der Waals surface area contributed by atoms with E-state index in [9.17, 15) is 0 Å². The fourth-order valence-corrected chi connectivity index (χ4v) is 1.50. The summed E-state index contributed by atoms with van der Waals surface area (Å²) in [7, 11) is 1.81. The molecule has 0 amide bonds. The fourth-order valence-electron chi connectivity index (χ4n) is 1.50. The van der Waals surface area contributed by atoms with Gasteiger partial charge >= 0.3 is 0 Å².